The van der Waals surface area contributed by atoms with Crippen LogP contribution in [0.1, 0.15) is 41.0 Å². The van der Waals surface area contributed by atoms with E-state index in [-0.39, 0.29) is 30.3 Å². The Labute approximate surface area is 238 Å². The Morgan fingerprint density at radius 2 is 1.74 bits per heavy atom. The molecule has 2 bridgehead atoms. The predicted octanol–water partition coefficient (Wildman–Crippen LogP) is 6.51. The summed E-state index contributed by atoms with van der Waals surface area (Å²) < 4.78 is 11.0. The number of methoxy groups -OCH3 is 2. The van der Waals surface area contributed by atoms with Crippen molar-refractivity contribution in [2.24, 2.45) is 11.3 Å². The lowest BCUT2D eigenvalue weighted by molar-refractivity contribution is -0.161. The lowest BCUT2D eigenvalue weighted by Gasteiger charge is -2.59. The Bertz CT molecular complexity index is 1520. The van der Waals surface area contributed by atoms with Gasteiger partial charge >= 0.3 is 5.97 Å². The van der Waals surface area contributed by atoms with Gasteiger partial charge in [-0.15, -0.1) is 0 Å². The van der Waals surface area contributed by atoms with Crippen LogP contribution in [0.15, 0.2) is 73.3 Å². The maximum Gasteiger partial charge on any atom is 0.314 e. The highest BCUT2D eigenvalue weighted by Crippen LogP contribution is 2.69. The number of halogens is 2. The van der Waals surface area contributed by atoms with Crippen molar-refractivity contribution < 1.29 is 19.1 Å². The van der Waals surface area contributed by atoms with Gasteiger partial charge in [-0.3, -0.25) is 9.59 Å². The first-order chi connectivity index (χ1) is 18.8. The van der Waals surface area contributed by atoms with E-state index in [2.05, 4.69) is 18.7 Å². The molecule has 0 radical (unpaired) electrons. The number of hydrogen-bond donors (Lipinski definition) is 0. The van der Waals surface area contributed by atoms with E-state index in [1.807, 2.05) is 54.6 Å². The zero-order valence-corrected chi connectivity index (χ0v) is 23.4. The van der Waals surface area contributed by atoms with Crippen LogP contribution in [0, 0.1) is 11.3 Å². The normalized spacial score (nSPS) is 26.5. The molecule has 4 atom stereocenters. The number of fused-ring (bicyclic) bond motifs is 1. The molecule has 0 aromatic heterocycles. The minimum absolute atomic E-state index is 0.0758. The van der Waals surface area contributed by atoms with E-state index in [1.54, 1.807) is 12.0 Å². The van der Waals surface area contributed by atoms with Crippen LogP contribution >= 0.6 is 23.2 Å². The number of ether oxygens (including phenoxy) is 2. The minimum atomic E-state index is -0.913. The van der Waals surface area contributed by atoms with Crippen LogP contribution < -0.4 is 4.74 Å². The van der Waals surface area contributed by atoms with Crippen LogP contribution in [0.3, 0.4) is 0 Å². The summed E-state index contributed by atoms with van der Waals surface area (Å²) in [6.07, 6.45) is 1.61. The van der Waals surface area contributed by atoms with E-state index in [1.165, 1.54) is 12.7 Å². The summed E-state index contributed by atoms with van der Waals surface area (Å²) in [6.45, 7) is 4.79. The van der Waals surface area contributed by atoms with Gasteiger partial charge < -0.3 is 14.4 Å². The van der Waals surface area contributed by atoms with Gasteiger partial charge in [0.05, 0.1) is 29.7 Å². The first kappa shape index (κ1) is 26.0. The third kappa shape index (κ3) is 3.52. The summed E-state index contributed by atoms with van der Waals surface area (Å²) in [7, 11) is 3.01. The van der Waals surface area contributed by atoms with Crippen LogP contribution in [0.4, 0.5) is 0 Å². The molecule has 7 heteroatoms. The number of esters is 1. The molecule has 1 amide bonds. The molecule has 2 fully saturated rings. The molecule has 1 saturated heterocycles. The second-order valence-corrected chi connectivity index (χ2v) is 11.5. The highest BCUT2D eigenvalue weighted by molar-refractivity contribution is 6.42. The first-order valence-electron chi connectivity index (χ1n) is 13.0. The average molecular weight is 562 g/mol. The maximum absolute atomic E-state index is 14.0. The maximum atomic E-state index is 14.0. The number of carbonyl (C=O) groups is 2. The molecule has 0 N–H and O–H groups in total. The lowest BCUT2D eigenvalue weighted by atomic mass is 9.42. The van der Waals surface area contributed by atoms with E-state index >= 15 is 0 Å². The van der Waals surface area contributed by atoms with Crippen molar-refractivity contribution in [3.63, 3.8) is 0 Å². The molecule has 3 aromatic carbocycles. The Morgan fingerprint density at radius 3 is 2.49 bits per heavy atom. The fourth-order valence-electron chi connectivity index (χ4n) is 7.76. The lowest BCUT2D eigenvalue weighted by Crippen LogP contribution is -2.60. The number of amides is 1. The third-order valence-electron chi connectivity index (χ3n) is 9.32. The fourth-order valence-corrected chi connectivity index (χ4v) is 8.06. The molecule has 4 unspecified atom stereocenters. The van der Waals surface area contributed by atoms with E-state index in [0.29, 0.717) is 33.5 Å². The summed E-state index contributed by atoms with van der Waals surface area (Å²) in [5.74, 6) is -0.222. The van der Waals surface area contributed by atoms with Crippen molar-refractivity contribution in [2.75, 3.05) is 27.3 Å². The van der Waals surface area contributed by atoms with Gasteiger partial charge in [0.2, 0.25) is 0 Å². The van der Waals surface area contributed by atoms with Gasteiger partial charge in [0.15, 0.2) is 0 Å². The molecule has 1 saturated carbocycles. The second kappa shape index (κ2) is 9.42. The van der Waals surface area contributed by atoms with Gasteiger partial charge in [0, 0.05) is 41.5 Å². The smallest absolute Gasteiger partial charge is 0.314 e. The zero-order valence-electron chi connectivity index (χ0n) is 21.9. The molecule has 3 aromatic rings. The molecule has 3 aliphatic carbocycles. The van der Waals surface area contributed by atoms with Gasteiger partial charge in [-0.1, -0.05) is 78.3 Å². The van der Waals surface area contributed by atoms with E-state index in [9.17, 15) is 9.59 Å². The first-order valence-corrected chi connectivity index (χ1v) is 13.8. The molecule has 4 aliphatic rings. The number of hydrogen-bond acceptors (Lipinski definition) is 4. The SMILES string of the molecule is C=C(C(=O)N1CC2C3(c4ccc(Cl)c(Cl)c4)CCC(c4ccccc43)C2(C(=O)OC)C1)c1ccccc1OC. The predicted molar refractivity (Wildman–Crippen MR) is 152 cm³/mol. The van der Waals surface area contributed by atoms with Gasteiger partial charge in [-0.05, 0) is 47.7 Å². The number of carbonyl (C=O) groups excluding carboxylic acids is 2. The van der Waals surface area contributed by atoms with Crippen molar-refractivity contribution in [1.82, 2.24) is 4.90 Å². The van der Waals surface area contributed by atoms with Crippen molar-refractivity contribution in [3.05, 3.63) is 106 Å². The molecule has 1 aliphatic heterocycles. The summed E-state index contributed by atoms with van der Waals surface area (Å²) >= 11 is 12.9. The Morgan fingerprint density at radius 1 is 1.00 bits per heavy atom. The van der Waals surface area contributed by atoms with Crippen LogP contribution in [-0.4, -0.2) is 44.1 Å². The van der Waals surface area contributed by atoms with Crippen molar-refractivity contribution in [2.45, 2.75) is 24.2 Å². The number of likely N-dealkylation sites (tertiary alicyclic amines) is 1. The molecule has 200 valence electrons. The number of para-hydroxylation sites is 1. The van der Waals surface area contributed by atoms with E-state index in [4.69, 9.17) is 32.7 Å². The van der Waals surface area contributed by atoms with Crippen LogP contribution in [0.25, 0.3) is 5.57 Å². The summed E-state index contributed by atoms with van der Waals surface area (Å²) in [6, 6.07) is 21.4. The van der Waals surface area contributed by atoms with Gasteiger partial charge in [-0.2, -0.15) is 0 Å². The largest absolute Gasteiger partial charge is 0.496 e. The van der Waals surface area contributed by atoms with E-state index in [0.717, 1.165) is 24.0 Å². The molecule has 39 heavy (non-hydrogen) atoms. The molecular weight excluding hydrogens is 533 g/mol. The Kier molecular flexibility index (Phi) is 6.28. The zero-order chi connectivity index (χ0) is 27.5. The van der Waals surface area contributed by atoms with Crippen LogP contribution in [0.2, 0.25) is 10.0 Å². The van der Waals surface area contributed by atoms with Crippen molar-refractivity contribution in [3.8, 4) is 5.75 Å². The standard InChI is InChI=1S/C32H29Cl2NO4/c1-19(21-8-5-7-11-27(21)38-2)29(36)35-17-28-31(20-12-13-25(33)26(34)16-20)15-14-24(22-9-4-6-10-23(22)31)32(28,18-35)30(37)39-3/h4-13,16,24,28H,1,14-15,17-18H2,2-3H3. The number of nitrogens with zero attached hydrogens (tertiary/aromatic N) is 1. The third-order valence-corrected chi connectivity index (χ3v) is 10.1. The number of rotatable bonds is 5. The quantitative estimate of drug-likeness (QED) is 0.263. The van der Waals surface area contributed by atoms with E-state index < -0.39 is 10.8 Å². The van der Waals surface area contributed by atoms with Gasteiger partial charge in [0.1, 0.15) is 5.75 Å². The average Bonchev–Trinajstić information content (AvgIpc) is 3.41. The summed E-state index contributed by atoms with van der Waals surface area (Å²) in [4.78, 5) is 29.7. The molecule has 1 heterocycles. The van der Waals surface area contributed by atoms with Crippen LogP contribution in [0.5, 0.6) is 5.75 Å². The summed E-state index contributed by atoms with van der Waals surface area (Å²) in [5, 5.41) is 0.943. The molecular formula is C32H29Cl2NO4. The topological polar surface area (TPSA) is 55.8 Å². The monoisotopic (exact) mass is 561 g/mol. The number of benzene rings is 3. The second-order valence-electron chi connectivity index (χ2n) is 10.7. The highest BCUT2D eigenvalue weighted by atomic mass is 35.5. The Balaban J connectivity index is 1.52. The highest BCUT2D eigenvalue weighted by Gasteiger charge is 2.71. The van der Waals surface area contributed by atoms with Gasteiger partial charge in [0.25, 0.3) is 5.91 Å². The Hall–Kier alpha value is -3.28. The van der Waals surface area contributed by atoms with Crippen LogP contribution in [-0.2, 0) is 19.7 Å². The molecule has 7 rings (SSSR count). The van der Waals surface area contributed by atoms with Crippen molar-refractivity contribution >= 4 is 40.7 Å². The van der Waals surface area contributed by atoms with Crippen molar-refractivity contribution in [1.29, 1.82) is 0 Å². The molecule has 5 nitrogen and oxygen atoms in total. The molecule has 0 spiro atoms. The summed E-state index contributed by atoms with van der Waals surface area (Å²) in [5.41, 5.74) is 2.82. The fraction of sp³-hybridized carbons (Fsp3) is 0.312. The van der Waals surface area contributed by atoms with Gasteiger partial charge in [-0.25, -0.2) is 0 Å². The minimum Gasteiger partial charge on any atom is -0.496 e.